The van der Waals surface area contributed by atoms with Crippen LogP contribution in [0.5, 0.6) is 5.75 Å². The van der Waals surface area contributed by atoms with Crippen LogP contribution in [0.15, 0.2) is 47.3 Å². The zero-order valence-corrected chi connectivity index (χ0v) is 16.7. The molecule has 0 radical (unpaired) electrons. The Labute approximate surface area is 171 Å². The fourth-order valence-corrected chi connectivity index (χ4v) is 4.22. The van der Waals surface area contributed by atoms with Gasteiger partial charge in [-0.25, -0.2) is 4.98 Å². The largest absolute Gasteiger partial charge is 0.497 e. The van der Waals surface area contributed by atoms with Crippen molar-refractivity contribution >= 4 is 28.2 Å². The molecular weight excluding hydrogens is 392 g/mol. The highest BCUT2D eigenvalue weighted by atomic mass is 32.1. The van der Waals surface area contributed by atoms with Gasteiger partial charge in [-0.15, -0.1) is 0 Å². The minimum absolute atomic E-state index is 0.0314. The molecule has 1 aliphatic rings. The van der Waals surface area contributed by atoms with Crippen LogP contribution in [0.4, 0.5) is 5.13 Å². The maximum absolute atomic E-state index is 13.1. The minimum Gasteiger partial charge on any atom is -0.497 e. The zero-order valence-electron chi connectivity index (χ0n) is 15.8. The van der Waals surface area contributed by atoms with Gasteiger partial charge in [0.25, 0.3) is 5.91 Å². The molecule has 3 heterocycles. The van der Waals surface area contributed by atoms with E-state index in [4.69, 9.17) is 13.9 Å². The molecule has 150 valence electrons. The first-order chi connectivity index (χ1) is 14.2. The second-order valence-corrected chi connectivity index (χ2v) is 7.64. The van der Waals surface area contributed by atoms with Gasteiger partial charge >= 0.3 is 0 Å². The van der Waals surface area contributed by atoms with E-state index in [1.807, 2.05) is 0 Å². The number of furan rings is 1. The average Bonchev–Trinajstić information content (AvgIpc) is 3.44. The van der Waals surface area contributed by atoms with Crippen LogP contribution in [0.1, 0.15) is 32.9 Å². The standard InChI is InChI=1S/C21H20N2O5S/c1-26-16-4-2-3-14(11-16)20(25)23-21-22-17(15-7-10-28-12-15)19(29-21)18(24)13-5-8-27-9-6-13/h2-4,7,10-13H,5-6,8-9H2,1H3,(H,22,23,25). The van der Waals surface area contributed by atoms with Crippen LogP contribution < -0.4 is 10.1 Å². The third kappa shape index (κ3) is 4.23. The molecule has 0 saturated carbocycles. The number of Topliss-reactive ketones (excluding diaryl/α,β-unsaturated/α-hetero) is 1. The van der Waals surface area contributed by atoms with E-state index >= 15 is 0 Å². The molecule has 0 spiro atoms. The number of ether oxygens (including phenoxy) is 2. The van der Waals surface area contributed by atoms with Crippen molar-refractivity contribution in [2.75, 3.05) is 25.6 Å². The number of amides is 1. The normalized spacial score (nSPS) is 14.5. The van der Waals surface area contributed by atoms with Crippen LogP contribution in [0, 0.1) is 5.92 Å². The van der Waals surface area contributed by atoms with E-state index in [1.54, 1.807) is 43.7 Å². The maximum Gasteiger partial charge on any atom is 0.257 e. The first-order valence-electron chi connectivity index (χ1n) is 9.26. The molecule has 8 heteroatoms. The Hall–Kier alpha value is -2.97. The summed E-state index contributed by atoms with van der Waals surface area (Å²) < 4.78 is 15.7. The highest BCUT2D eigenvalue weighted by Crippen LogP contribution is 2.35. The molecule has 1 aliphatic heterocycles. The zero-order chi connectivity index (χ0) is 20.2. The minimum atomic E-state index is -0.318. The SMILES string of the molecule is COc1cccc(C(=O)Nc2nc(-c3ccoc3)c(C(=O)C3CCOCC3)s2)c1. The lowest BCUT2D eigenvalue weighted by molar-refractivity contribution is 0.0548. The Bertz CT molecular complexity index is 1010. The number of aromatic nitrogens is 1. The number of ketones is 1. The summed E-state index contributed by atoms with van der Waals surface area (Å²) in [4.78, 5) is 30.8. The van der Waals surface area contributed by atoms with Crippen molar-refractivity contribution in [3.8, 4) is 17.0 Å². The van der Waals surface area contributed by atoms with E-state index in [1.165, 1.54) is 17.6 Å². The van der Waals surface area contributed by atoms with Gasteiger partial charge in [-0.1, -0.05) is 17.4 Å². The molecule has 1 N–H and O–H groups in total. The Morgan fingerprint density at radius 3 is 2.79 bits per heavy atom. The predicted octanol–water partition coefficient (Wildman–Crippen LogP) is 4.27. The highest BCUT2D eigenvalue weighted by molar-refractivity contribution is 7.18. The number of benzene rings is 1. The number of rotatable bonds is 6. The molecule has 1 saturated heterocycles. The molecule has 0 atom stereocenters. The van der Waals surface area contributed by atoms with Crippen molar-refractivity contribution in [2.45, 2.75) is 12.8 Å². The molecule has 3 aromatic rings. The van der Waals surface area contributed by atoms with E-state index in [-0.39, 0.29) is 17.6 Å². The molecule has 1 amide bonds. The number of hydrogen-bond donors (Lipinski definition) is 1. The molecular formula is C21H20N2O5S. The Morgan fingerprint density at radius 1 is 1.24 bits per heavy atom. The monoisotopic (exact) mass is 412 g/mol. The molecule has 0 aliphatic carbocycles. The van der Waals surface area contributed by atoms with E-state index in [0.29, 0.717) is 58.6 Å². The van der Waals surface area contributed by atoms with Crippen molar-refractivity contribution in [2.24, 2.45) is 5.92 Å². The molecule has 0 unspecified atom stereocenters. The molecule has 2 aromatic heterocycles. The molecule has 7 nitrogen and oxygen atoms in total. The number of thiazole rings is 1. The maximum atomic E-state index is 13.1. The van der Waals surface area contributed by atoms with Gasteiger partial charge < -0.3 is 13.9 Å². The summed E-state index contributed by atoms with van der Waals surface area (Å²) in [5.74, 6) is 0.202. The van der Waals surface area contributed by atoms with Gasteiger partial charge in [-0.2, -0.15) is 0 Å². The van der Waals surface area contributed by atoms with Crippen LogP contribution in [0.3, 0.4) is 0 Å². The van der Waals surface area contributed by atoms with Gasteiger partial charge in [0.2, 0.25) is 0 Å². The van der Waals surface area contributed by atoms with Gasteiger partial charge in [-0.3, -0.25) is 14.9 Å². The third-order valence-electron chi connectivity index (χ3n) is 4.79. The number of carbonyl (C=O) groups excluding carboxylic acids is 2. The van der Waals surface area contributed by atoms with Crippen LogP contribution in [-0.2, 0) is 4.74 Å². The molecule has 4 rings (SSSR count). The van der Waals surface area contributed by atoms with Crippen molar-refractivity contribution < 1.29 is 23.5 Å². The third-order valence-corrected chi connectivity index (χ3v) is 5.78. The summed E-state index contributed by atoms with van der Waals surface area (Å²) >= 11 is 1.19. The number of hydrogen-bond acceptors (Lipinski definition) is 7. The van der Waals surface area contributed by atoms with Crippen molar-refractivity contribution in [3.05, 3.63) is 53.3 Å². The Balaban J connectivity index is 1.62. The lowest BCUT2D eigenvalue weighted by Crippen LogP contribution is -2.23. The van der Waals surface area contributed by atoms with Crippen LogP contribution in [0.2, 0.25) is 0 Å². The van der Waals surface area contributed by atoms with E-state index < -0.39 is 0 Å². The smallest absolute Gasteiger partial charge is 0.257 e. The average molecular weight is 412 g/mol. The molecule has 1 aromatic carbocycles. The summed E-state index contributed by atoms with van der Waals surface area (Å²) in [5.41, 5.74) is 1.68. The lowest BCUT2D eigenvalue weighted by atomic mass is 9.93. The lowest BCUT2D eigenvalue weighted by Gasteiger charge is -2.20. The predicted molar refractivity (Wildman–Crippen MR) is 109 cm³/mol. The second-order valence-electron chi connectivity index (χ2n) is 6.65. The van der Waals surface area contributed by atoms with Gasteiger partial charge in [-0.05, 0) is 37.1 Å². The summed E-state index contributed by atoms with van der Waals surface area (Å²) in [5, 5.41) is 3.16. The number of carbonyl (C=O) groups is 2. The topological polar surface area (TPSA) is 90.7 Å². The van der Waals surface area contributed by atoms with Crippen molar-refractivity contribution in [3.63, 3.8) is 0 Å². The number of nitrogens with zero attached hydrogens (tertiary/aromatic N) is 1. The number of anilines is 1. The molecule has 1 fully saturated rings. The van der Waals surface area contributed by atoms with Gasteiger partial charge in [0, 0.05) is 30.3 Å². The Morgan fingerprint density at radius 2 is 2.07 bits per heavy atom. The van der Waals surface area contributed by atoms with E-state index in [2.05, 4.69) is 10.3 Å². The second kappa shape index (κ2) is 8.59. The van der Waals surface area contributed by atoms with Crippen molar-refractivity contribution in [1.82, 2.24) is 4.98 Å². The van der Waals surface area contributed by atoms with Crippen LogP contribution in [0.25, 0.3) is 11.3 Å². The van der Waals surface area contributed by atoms with Gasteiger partial charge in [0.1, 0.15) is 10.6 Å². The summed E-state index contributed by atoms with van der Waals surface area (Å²) in [6.45, 7) is 1.16. The summed E-state index contributed by atoms with van der Waals surface area (Å²) in [7, 11) is 1.54. The first-order valence-corrected chi connectivity index (χ1v) is 10.1. The van der Waals surface area contributed by atoms with E-state index in [0.717, 1.165) is 0 Å². The van der Waals surface area contributed by atoms with Crippen LogP contribution in [-0.4, -0.2) is 37.0 Å². The Kier molecular flexibility index (Phi) is 5.73. The number of methoxy groups -OCH3 is 1. The molecule has 0 bridgehead atoms. The van der Waals surface area contributed by atoms with E-state index in [9.17, 15) is 9.59 Å². The summed E-state index contributed by atoms with van der Waals surface area (Å²) in [6.07, 6.45) is 4.45. The molecule has 29 heavy (non-hydrogen) atoms. The summed E-state index contributed by atoms with van der Waals surface area (Å²) in [6, 6.07) is 8.60. The number of nitrogens with one attached hydrogen (secondary N) is 1. The van der Waals surface area contributed by atoms with Crippen molar-refractivity contribution in [1.29, 1.82) is 0 Å². The fraction of sp³-hybridized carbons (Fsp3) is 0.286. The van der Waals surface area contributed by atoms with Gasteiger partial charge in [0.05, 0.1) is 25.3 Å². The van der Waals surface area contributed by atoms with Gasteiger partial charge in [0.15, 0.2) is 10.9 Å². The highest BCUT2D eigenvalue weighted by Gasteiger charge is 2.28. The fourth-order valence-electron chi connectivity index (χ4n) is 3.21. The first kappa shape index (κ1) is 19.4. The van der Waals surface area contributed by atoms with Crippen LogP contribution >= 0.6 is 11.3 Å². The quantitative estimate of drug-likeness (QED) is 0.608.